The van der Waals surface area contributed by atoms with Gasteiger partial charge in [0.05, 0.1) is 11.7 Å². The largest absolute Gasteiger partial charge is 0.325 e. The second kappa shape index (κ2) is 7.16. The summed E-state index contributed by atoms with van der Waals surface area (Å²) in [5.74, 6) is -0.373. The number of carbonyl (C=O) groups is 1. The molecule has 1 N–H and O–H groups in total. The van der Waals surface area contributed by atoms with Crippen molar-refractivity contribution in [3.05, 3.63) is 47.5 Å². The van der Waals surface area contributed by atoms with Gasteiger partial charge in [-0.2, -0.15) is 13.1 Å². The van der Waals surface area contributed by atoms with Crippen molar-refractivity contribution in [3.8, 4) is 0 Å². The summed E-state index contributed by atoms with van der Waals surface area (Å²) < 4.78 is 35.9. The number of aromatic nitrogens is 2. The van der Waals surface area contributed by atoms with Gasteiger partial charge in [0.1, 0.15) is 22.0 Å². The van der Waals surface area contributed by atoms with Gasteiger partial charge < -0.3 is 5.32 Å². The standard InChI is InChI=1S/C17H15ClN4O3S2/c18-11-4-1-5-12(10-11)19-17(23)14-7-3-9-22(14)27(24,25)15-8-2-6-13-16(15)21-26-20-13/h1-2,4-6,8,10,14H,3,7,9H2,(H,19,23)/t14-/m0/s1. The third-order valence-electron chi connectivity index (χ3n) is 4.43. The van der Waals surface area contributed by atoms with E-state index in [2.05, 4.69) is 14.1 Å². The maximum absolute atomic E-state index is 13.2. The van der Waals surface area contributed by atoms with E-state index in [1.165, 1.54) is 10.4 Å². The molecule has 4 rings (SSSR count). The van der Waals surface area contributed by atoms with Crippen molar-refractivity contribution in [1.82, 2.24) is 13.1 Å². The molecule has 0 bridgehead atoms. The number of halogens is 1. The summed E-state index contributed by atoms with van der Waals surface area (Å²) in [5, 5.41) is 3.25. The summed E-state index contributed by atoms with van der Waals surface area (Å²) in [5.41, 5.74) is 1.39. The van der Waals surface area contributed by atoms with E-state index in [4.69, 9.17) is 11.6 Å². The van der Waals surface area contributed by atoms with Gasteiger partial charge >= 0.3 is 0 Å². The first-order valence-electron chi connectivity index (χ1n) is 8.26. The Bertz CT molecular complexity index is 1120. The molecule has 0 saturated carbocycles. The number of anilines is 1. The zero-order valence-electron chi connectivity index (χ0n) is 14.0. The van der Waals surface area contributed by atoms with Gasteiger partial charge in [-0.3, -0.25) is 4.79 Å². The van der Waals surface area contributed by atoms with E-state index in [1.807, 2.05) is 0 Å². The normalized spacial score (nSPS) is 18.0. The first-order chi connectivity index (χ1) is 13.0. The minimum Gasteiger partial charge on any atom is -0.325 e. The molecule has 0 spiro atoms. The molecule has 27 heavy (non-hydrogen) atoms. The third-order valence-corrected chi connectivity index (χ3v) is 7.15. The van der Waals surface area contributed by atoms with Crippen LogP contribution in [0.4, 0.5) is 5.69 Å². The van der Waals surface area contributed by atoms with Crippen molar-refractivity contribution in [1.29, 1.82) is 0 Å². The Morgan fingerprint density at radius 1 is 1.22 bits per heavy atom. The highest BCUT2D eigenvalue weighted by atomic mass is 35.5. The lowest BCUT2D eigenvalue weighted by molar-refractivity contribution is -0.119. The average Bonchev–Trinajstić information content (AvgIpc) is 3.31. The molecule has 0 unspecified atom stereocenters. The average molecular weight is 423 g/mol. The molecule has 140 valence electrons. The topological polar surface area (TPSA) is 92.3 Å². The fourth-order valence-corrected chi connectivity index (χ4v) is 5.80. The van der Waals surface area contributed by atoms with Gasteiger partial charge in [0.25, 0.3) is 0 Å². The Labute approximate surface area is 165 Å². The van der Waals surface area contributed by atoms with Gasteiger partial charge in [-0.05, 0) is 43.2 Å². The highest BCUT2D eigenvalue weighted by Crippen LogP contribution is 2.30. The molecule has 1 aliphatic heterocycles. The van der Waals surface area contributed by atoms with E-state index in [0.717, 1.165) is 11.7 Å². The molecule has 1 aliphatic rings. The highest BCUT2D eigenvalue weighted by Gasteiger charge is 2.40. The summed E-state index contributed by atoms with van der Waals surface area (Å²) in [6.07, 6.45) is 1.06. The SMILES string of the molecule is O=C(Nc1cccc(Cl)c1)[C@@H]1CCCN1S(=O)(=O)c1cccc2nsnc12. The second-order valence-corrected chi connectivity index (χ2v) is 8.99. The van der Waals surface area contributed by atoms with Crippen LogP contribution in [0.5, 0.6) is 0 Å². The number of amides is 1. The van der Waals surface area contributed by atoms with E-state index in [1.54, 1.807) is 36.4 Å². The van der Waals surface area contributed by atoms with Crippen LogP contribution in [0.3, 0.4) is 0 Å². The van der Waals surface area contributed by atoms with Crippen molar-refractivity contribution < 1.29 is 13.2 Å². The van der Waals surface area contributed by atoms with Crippen molar-refractivity contribution >= 4 is 56.0 Å². The van der Waals surface area contributed by atoms with Crippen LogP contribution in [0.2, 0.25) is 5.02 Å². The van der Waals surface area contributed by atoms with Crippen LogP contribution in [-0.4, -0.2) is 40.0 Å². The molecule has 10 heteroatoms. The first kappa shape index (κ1) is 18.3. The van der Waals surface area contributed by atoms with Crippen molar-refractivity contribution in [2.75, 3.05) is 11.9 Å². The van der Waals surface area contributed by atoms with E-state index in [0.29, 0.717) is 34.6 Å². The van der Waals surface area contributed by atoms with Gasteiger partial charge in [-0.25, -0.2) is 8.42 Å². The number of nitrogens with zero attached hydrogens (tertiary/aromatic N) is 3. The molecular weight excluding hydrogens is 408 g/mol. The highest BCUT2D eigenvalue weighted by molar-refractivity contribution is 7.89. The maximum Gasteiger partial charge on any atom is 0.246 e. The van der Waals surface area contributed by atoms with Crippen LogP contribution in [0.15, 0.2) is 47.4 Å². The number of rotatable bonds is 4. The first-order valence-corrected chi connectivity index (χ1v) is 10.8. The van der Waals surface area contributed by atoms with E-state index in [-0.39, 0.29) is 17.3 Å². The van der Waals surface area contributed by atoms with Crippen molar-refractivity contribution in [2.24, 2.45) is 0 Å². The fourth-order valence-electron chi connectivity index (χ4n) is 3.20. The minimum absolute atomic E-state index is 0.0798. The predicted octanol–water partition coefficient (Wildman–Crippen LogP) is 3.14. The Kier molecular flexibility index (Phi) is 4.85. The van der Waals surface area contributed by atoms with Gasteiger partial charge in [-0.1, -0.05) is 23.7 Å². The summed E-state index contributed by atoms with van der Waals surface area (Å²) in [7, 11) is -3.88. The molecule has 7 nitrogen and oxygen atoms in total. The molecule has 2 heterocycles. The van der Waals surface area contributed by atoms with E-state index < -0.39 is 16.1 Å². The van der Waals surface area contributed by atoms with Gasteiger partial charge in [0, 0.05) is 17.3 Å². The van der Waals surface area contributed by atoms with Crippen LogP contribution < -0.4 is 5.32 Å². The number of benzene rings is 2. The monoisotopic (exact) mass is 422 g/mol. The minimum atomic E-state index is -3.88. The lowest BCUT2D eigenvalue weighted by Crippen LogP contribution is -2.43. The fraction of sp³-hybridized carbons (Fsp3) is 0.235. The Balaban J connectivity index is 1.64. The van der Waals surface area contributed by atoms with Gasteiger partial charge in [0.2, 0.25) is 15.9 Å². The van der Waals surface area contributed by atoms with Crippen LogP contribution in [0.1, 0.15) is 12.8 Å². The summed E-state index contributed by atoms with van der Waals surface area (Å²) in [6.45, 7) is 0.282. The van der Waals surface area contributed by atoms with Crippen molar-refractivity contribution in [3.63, 3.8) is 0 Å². The molecule has 1 aromatic heterocycles. The lowest BCUT2D eigenvalue weighted by Gasteiger charge is -2.23. The number of nitrogens with one attached hydrogen (secondary N) is 1. The van der Waals surface area contributed by atoms with Crippen LogP contribution in [0.25, 0.3) is 11.0 Å². The summed E-state index contributed by atoms with van der Waals surface area (Å²) >= 11 is 6.91. The Hall–Kier alpha value is -2.07. The number of fused-ring (bicyclic) bond motifs is 1. The predicted molar refractivity (Wildman–Crippen MR) is 104 cm³/mol. The Morgan fingerprint density at radius 2 is 2.04 bits per heavy atom. The van der Waals surface area contributed by atoms with Crippen LogP contribution in [0, 0.1) is 0 Å². The van der Waals surface area contributed by atoms with E-state index >= 15 is 0 Å². The number of sulfonamides is 1. The second-order valence-electron chi connectivity index (χ2n) is 6.16. The number of hydrogen-bond donors (Lipinski definition) is 1. The van der Waals surface area contributed by atoms with Gasteiger partial charge in [-0.15, -0.1) is 0 Å². The summed E-state index contributed by atoms with van der Waals surface area (Å²) in [4.78, 5) is 12.8. The van der Waals surface area contributed by atoms with Crippen molar-refractivity contribution in [2.45, 2.75) is 23.8 Å². The summed E-state index contributed by atoms with van der Waals surface area (Å²) in [6, 6.07) is 10.8. The molecule has 1 amide bonds. The molecule has 3 aromatic rings. The molecular formula is C17H15ClN4O3S2. The van der Waals surface area contributed by atoms with Gasteiger partial charge in [0.15, 0.2) is 0 Å². The smallest absolute Gasteiger partial charge is 0.246 e. The zero-order valence-corrected chi connectivity index (χ0v) is 16.4. The number of carbonyl (C=O) groups excluding carboxylic acids is 1. The quantitative estimate of drug-likeness (QED) is 0.697. The third kappa shape index (κ3) is 3.43. The van der Waals surface area contributed by atoms with E-state index in [9.17, 15) is 13.2 Å². The lowest BCUT2D eigenvalue weighted by atomic mass is 10.2. The maximum atomic E-state index is 13.2. The Morgan fingerprint density at radius 3 is 2.85 bits per heavy atom. The molecule has 1 atom stereocenters. The van der Waals surface area contributed by atoms with Crippen LogP contribution >= 0.6 is 23.3 Å². The molecule has 1 fully saturated rings. The molecule has 1 saturated heterocycles. The molecule has 0 aliphatic carbocycles. The molecule has 2 aromatic carbocycles. The molecule has 0 radical (unpaired) electrons. The van der Waals surface area contributed by atoms with Crippen LogP contribution in [-0.2, 0) is 14.8 Å². The zero-order chi connectivity index (χ0) is 19.0. The number of hydrogen-bond acceptors (Lipinski definition) is 6.